The summed E-state index contributed by atoms with van der Waals surface area (Å²) in [4.78, 5) is 28.0. The Morgan fingerprint density at radius 3 is 2.18 bits per heavy atom. The van der Waals surface area contributed by atoms with Crippen LogP contribution in [0.15, 0.2) is 0 Å². The molecule has 0 unspecified atom stereocenters. The maximum atomic E-state index is 12.7. The van der Waals surface area contributed by atoms with Gasteiger partial charge in [0.1, 0.15) is 5.60 Å². The zero-order valence-corrected chi connectivity index (χ0v) is 18.1. The van der Waals surface area contributed by atoms with Gasteiger partial charge in [0.25, 0.3) is 0 Å². The maximum absolute atomic E-state index is 12.7. The summed E-state index contributed by atoms with van der Waals surface area (Å²) in [6.45, 7) is 14.8. The van der Waals surface area contributed by atoms with E-state index in [2.05, 4.69) is 10.2 Å². The first kappa shape index (κ1) is 22.0. The van der Waals surface area contributed by atoms with E-state index >= 15 is 0 Å². The van der Waals surface area contributed by atoms with Crippen molar-refractivity contribution in [3.63, 3.8) is 0 Å². The predicted octanol–water partition coefficient (Wildman–Crippen LogP) is 3.02. The summed E-state index contributed by atoms with van der Waals surface area (Å²) < 4.78 is 5.55. The van der Waals surface area contributed by atoms with Gasteiger partial charge in [-0.05, 0) is 63.8 Å². The molecule has 1 heterocycles. The molecule has 1 aromatic carbocycles. The van der Waals surface area contributed by atoms with Crippen LogP contribution in [0.4, 0.5) is 16.2 Å². The van der Waals surface area contributed by atoms with Gasteiger partial charge in [-0.2, -0.15) is 0 Å². The minimum Gasteiger partial charge on any atom is -0.481 e. The predicted molar refractivity (Wildman–Crippen MR) is 112 cm³/mol. The number of carboxylic acids is 1. The summed E-state index contributed by atoms with van der Waals surface area (Å²) in [6.07, 6.45) is -0.526. The van der Waals surface area contributed by atoms with Crippen molar-refractivity contribution in [1.82, 2.24) is 5.32 Å². The standard InChI is InChI=1S/C21H33N3O4/c1-13-16(12-17(25)26)14(2)19(24-10-8-22-9-11-24)15(3)18(13)23(7)20(27)28-21(4,5)6/h22H,8-12H2,1-7H3,(H,25,26). The summed E-state index contributed by atoms with van der Waals surface area (Å²) in [5.41, 5.74) is 4.66. The molecule has 0 spiro atoms. The molecule has 0 bridgehead atoms. The molecule has 2 N–H and O–H groups in total. The molecule has 1 aliphatic heterocycles. The van der Waals surface area contributed by atoms with Crippen molar-refractivity contribution in [2.24, 2.45) is 0 Å². The van der Waals surface area contributed by atoms with Crippen LogP contribution in [-0.4, -0.2) is 56.0 Å². The van der Waals surface area contributed by atoms with Crippen molar-refractivity contribution in [2.75, 3.05) is 43.0 Å². The number of carbonyl (C=O) groups is 2. The largest absolute Gasteiger partial charge is 0.481 e. The number of aliphatic carboxylic acids is 1. The van der Waals surface area contributed by atoms with Gasteiger partial charge in [-0.15, -0.1) is 0 Å². The van der Waals surface area contributed by atoms with Gasteiger partial charge in [0.2, 0.25) is 0 Å². The smallest absolute Gasteiger partial charge is 0.414 e. The van der Waals surface area contributed by atoms with Crippen LogP contribution in [0, 0.1) is 20.8 Å². The average molecular weight is 392 g/mol. The number of benzene rings is 1. The van der Waals surface area contributed by atoms with Gasteiger partial charge in [0.15, 0.2) is 0 Å². The molecule has 2 rings (SSSR count). The van der Waals surface area contributed by atoms with E-state index in [1.54, 1.807) is 7.05 Å². The van der Waals surface area contributed by atoms with Crippen molar-refractivity contribution < 1.29 is 19.4 Å². The van der Waals surface area contributed by atoms with Crippen LogP contribution in [-0.2, 0) is 16.0 Å². The molecule has 7 nitrogen and oxygen atoms in total. The Balaban J connectivity index is 2.62. The van der Waals surface area contributed by atoms with Crippen molar-refractivity contribution >= 4 is 23.4 Å². The summed E-state index contributed by atoms with van der Waals surface area (Å²) in [5, 5.41) is 12.8. The molecule has 1 aliphatic rings. The zero-order chi connectivity index (χ0) is 21.2. The first-order chi connectivity index (χ1) is 12.9. The molecule has 0 aromatic heterocycles. The van der Waals surface area contributed by atoms with E-state index in [1.807, 2.05) is 41.5 Å². The molecule has 0 atom stereocenters. The lowest BCUT2D eigenvalue weighted by Gasteiger charge is -2.36. The second-order valence-corrected chi connectivity index (χ2v) is 8.40. The number of carboxylic acid groups (broad SMARTS) is 1. The molecule has 7 heteroatoms. The van der Waals surface area contributed by atoms with E-state index in [4.69, 9.17) is 4.74 Å². The van der Waals surface area contributed by atoms with Gasteiger partial charge in [-0.1, -0.05) is 0 Å². The third kappa shape index (κ3) is 4.76. The summed E-state index contributed by atoms with van der Waals surface area (Å²) in [7, 11) is 1.69. The number of carbonyl (C=O) groups excluding carboxylic acids is 1. The fourth-order valence-electron chi connectivity index (χ4n) is 3.95. The van der Waals surface area contributed by atoms with Crippen LogP contribution in [0.1, 0.15) is 43.0 Å². The molecule has 0 aliphatic carbocycles. The van der Waals surface area contributed by atoms with Crippen LogP contribution in [0.2, 0.25) is 0 Å². The highest BCUT2D eigenvalue weighted by atomic mass is 16.6. The normalized spacial score (nSPS) is 14.8. The highest BCUT2D eigenvalue weighted by molar-refractivity contribution is 5.92. The van der Waals surface area contributed by atoms with Crippen molar-refractivity contribution in [3.8, 4) is 0 Å². The quantitative estimate of drug-likeness (QED) is 0.821. The first-order valence-electron chi connectivity index (χ1n) is 9.70. The van der Waals surface area contributed by atoms with E-state index in [-0.39, 0.29) is 6.42 Å². The SMILES string of the molecule is Cc1c(CC(=O)O)c(C)c(N(C)C(=O)OC(C)(C)C)c(C)c1N1CCNCC1. The Kier molecular flexibility index (Phi) is 6.59. The minimum atomic E-state index is -0.882. The second-order valence-electron chi connectivity index (χ2n) is 8.40. The number of amides is 1. The molecule has 0 saturated carbocycles. The molecule has 28 heavy (non-hydrogen) atoms. The van der Waals surface area contributed by atoms with Gasteiger partial charge in [-0.25, -0.2) is 4.79 Å². The Bertz CT molecular complexity index is 762. The Hall–Kier alpha value is -2.28. The number of hydrogen-bond donors (Lipinski definition) is 2. The van der Waals surface area contributed by atoms with E-state index in [0.717, 1.165) is 59.8 Å². The molecule has 1 fully saturated rings. The molecular weight excluding hydrogens is 358 g/mol. The number of hydrogen-bond acceptors (Lipinski definition) is 5. The van der Waals surface area contributed by atoms with Crippen LogP contribution in [0.25, 0.3) is 0 Å². The molecule has 1 aromatic rings. The highest BCUT2D eigenvalue weighted by Crippen LogP contribution is 2.39. The van der Waals surface area contributed by atoms with Crippen molar-refractivity contribution in [3.05, 3.63) is 22.3 Å². The first-order valence-corrected chi connectivity index (χ1v) is 9.70. The average Bonchev–Trinajstić information content (AvgIpc) is 2.58. The van der Waals surface area contributed by atoms with Crippen molar-refractivity contribution in [2.45, 2.75) is 53.6 Å². The van der Waals surface area contributed by atoms with Crippen LogP contribution >= 0.6 is 0 Å². The van der Waals surface area contributed by atoms with Crippen molar-refractivity contribution in [1.29, 1.82) is 0 Å². The van der Waals surface area contributed by atoms with E-state index in [9.17, 15) is 14.7 Å². The van der Waals surface area contributed by atoms with Gasteiger partial charge in [0, 0.05) is 38.9 Å². The van der Waals surface area contributed by atoms with Crippen LogP contribution < -0.4 is 15.1 Å². The van der Waals surface area contributed by atoms with E-state index in [0.29, 0.717) is 0 Å². The lowest BCUT2D eigenvalue weighted by atomic mass is 9.91. The van der Waals surface area contributed by atoms with E-state index in [1.165, 1.54) is 4.90 Å². The Labute approximate surface area is 167 Å². The monoisotopic (exact) mass is 391 g/mol. The van der Waals surface area contributed by atoms with Gasteiger partial charge >= 0.3 is 12.1 Å². The number of nitrogens with zero attached hydrogens (tertiary/aromatic N) is 2. The molecule has 0 radical (unpaired) electrons. The number of piperazine rings is 1. The van der Waals surface area contributed by atoms with E-state index < -0.39 is 17.7 Å². The number of ether oxygens (including phenoxy) is 1. The Morgan fingerprint density at radius 2 is 1.68 bits per heavy atom. The lowest BCUT2D eigenvalue weighted by Crippen LogP contribution is -2.44. The Morgan fingerprint density at radius 1 is 1.11 bits per heavy atom. The molecular formula is C21H33N3O4. The second kappa shape index (κ2) is 8.39. The third-order valence-electron chi connectivity index (χ3n) is 5.09. The number of rotatable bonds is 4. The fraction of sp³-hybridized carbons (Fsp3) is 0.619. The zero-order valence-electron chi connectivity index (χ0n) is 18.1. The topological polar surface area (TPSA) is 82.1 Å². The minimum absolute atomic E-state index is 0.0772. The fourth-order valence-corrected chi connectivity index (χ4v) is 3.95. The van der Waals surface area contributed by atoms with Gasteiger partial charge in [0.05, 0.1) is 12.1 Å². The maximum Gasteiger partial charge on any atom is 0.414 e. The number of anilines is 2. The summed E-state index contributed by atoms with van der Waals surface area (Å²) in [5.74, 6) is -0.882. The molecule has 156 valence electrons. The molecule has 1 amide bonds. The van der Waals surface area contributed by atoms with Crippen LogP contribution in [0.3, 0.4) is 0 Å². The van der Waals surface area contributed by atoms with Gasteiger partial charge < -0.3 is 20.1 Å². The highest BCUT2D eigenvalue weighted by Gasteiger charge is 2.28. The number of nitrogens with one attached hydrogen (secondary N) is 1. The summed E-state index contributed by atoms with van der Waals surface area (Å²) in [6, 6.07) is 0. The third-order valence-corrected chi connectivity index (χ3v) is 5.09. The lowest BCUT2D eigenvalue weighted by molar-refractivity contribution is -0.136. The molecule has 1 saturated heterocycles. The summed E-state index contributed by atoms with van der Waals surface area (Å²) >= 11 is 0. The van der Waals surface area contributed by atoms with Crippen LogP contribution in [0.5, 0.6) is 0 Å². The van der Waals surface area contributed by atoms with Gasteiger partial charge in [-0.3, -0.25) is 9.69 Å².